The van der Waals surface area contributed by atoms with E-state index in [1.807, 2.05) is 18.2 Å². The molecule has 0 saturated carbocycles. The summed E-state index contributed by atoms with van der Waals surface area (Å²) < 4.78 is 0. The number of unbranched alkanes of at least 4 members (excludes halogenated alkanes) is 6. The van der Waals surface area contributed by atoms with Gasteiger partial charge in [-0.15, -0.1) is 39.5 Å². The van der Waals surface area contributed by atoms with Crippen molar-refractivity contribution >= 4 is 0 Å². The van der Waals surface area contributed by atoms with Crippen molar-refractivity contribution in [2.24, 2.45) is 0 Å². The van der Waals surface area contributed by atoms with Gasteiger partial charge in [-0.1, -0.05) is 63.6 Å². The van der Waals surface area contributed by atoms with Crippen LogP contribution in [0.2, 0.25) is 0 Å². The second-order valence-electron chi connectivity index (χ2n) is 4.50. The summed E-state index contributed by atoms with van der Waals surface area (Å²) in [6.45, 7) is 20.2. The van der Waals surface area contributed by atoms with Crippen LogP contribution in [0.1, 0.15) is 57.4 Å². The predicted molar refractivity (Wildman–Crippen MR) is 104 cm³/mol. The summed E-state index contributed by atoms with van der Waals surface area (Å²) in [4.78, 5) is 0. The summed E-state index contributed by atoms with van der Waals surface area (Å²) >= 11 is 0. The molecule has 0 amide bonds. The maximum Gasteiger partial charge on any atom is 0.118 e. The highest BCUT2D eigenvalue weighted by molar-refractivity contribution is 5.31. The second-order valence-corrected chi connectivity index (χ2v) is 4.50. The summed E-state index contributed by atoms with van der Waals surface area (Å²) in [7, 11) is 0. The highest BCUT2D eigenvalue weighted by Gasteiger charge is 1.98. The molecule has 1 rings (SSSR count). The molecule has 1 nitrogen and oxygen atoms in total. The molecule has 0 heterocycles. The second kappa shape index (κ2) is 24.3. The SMILES string of the molecule is C=C.C=C.C=C.CCCCCCCCCc1ccccc1O. The average Bonchev–Trinajstić information content (AvgIpc) is 2.61. The van der Waals surface area contributed by atoms with Crippen molar-refractivity contribution < 1.29 is 5.11 Å². The van der Waals surface area contributed by atoms with E-state index < -0.39 is 0 Å². The van der Waals surface area contributed by atoms with Crippen LogP contribution in [0, 0.1) is 0 Å². The highest BCUT2D eigenvalue weighted by Crippen LogP contribution is 2.18. The minimum atomic E-state index is 0.452. The summed E-state index contributed by atoms with van der Waals surface area (Å²) in [6, 6.07) is 7.67. The normalized spacial score (nSPS) is 8.23. The van der Waals surface area contributed by atoms with Gasteiger partial charge in [0.2, 0.25) is 0 Å². The van der Waals surface area contributed by atoms with Gasteiger partial charge >= 0.3 is 0 Å². The number of benzene rings is 1. The first-order valence-electron chi connectivity index (χ1n) is 8.11. The monoisotopic (exact) mass is 304 g/mol. The largest absolute Gasteiger partial charge is 0.508 e. The smallest absolute Gasteiger partial charge is 0.118 e. The van der Waals surface area contributed by atoms with Gasteiger partial charge in [-0.05, 0) is 24.5 Å². The fourth-order valence-corrected chi connectivity index (χ4v) is 1.99. The van der Waals surface area contributed by atoms with Crippen LogP contribution >= 0.6 is 0 Å². The zero-order valence-electron chi connectivity index (χ0n) is 14.7. The lowest BCUT2D eigenvalue weighted by Crippen LogP contribution is -1.87. The lowest BCUT2D eigenvalue weighted by molar-refractivity contribution is 0.466. The third-order valence-corrected chi connectivity index (χ3v) is 3.04. The Kier molecular flexibility index (Phi) is 27.8. The first-order chi connectivity index (χ1) is 10.8. The van der Waals surface area contributed by atoms with E-state index in [9.17, 15) is 5.11 Å². The van der Waals surface area contributed by atoms with Gasteiger partial charge in [0, 0.05) is 0 Å². The van der Waals surface area contributed by atoms with Crippen LogP contribution < -0.4 is 0 Å². The molecule has 1 N–H and O–H groups in total. The quantitative estimate of drug-likeness (QED) is 0.401. The number of hydrogen-bond acceptors (Lipinski definition) is 1. The van der Waals surface area contributed by atoms with Crippen molar-refractivity contribution in [2.75, 3.05) is 0 Å². The van der Waals surface area contributed by atoms with Gasteiger partial charge in [-0.25, -0.2) is 0 Å². The molecule has 0 unspecified atom stereocenters. The zero-order chi connectivity index (χ0) is 17.6. The van der Waals surface area contributed by atoms with Crippen molar-refractivity contribution in [3.8, 4) is 5.75 Å². The first kappa shape index (κ1) is 25.2. The Hall–Kier alpha value is -1.76. The minimum Gasteiger partial charge on any atom is -0.508 e. The molecule has 126 valence electrons. The van der Waals surface area contributed by atoms with Crippen molar-refractivity contribution in [3.63, 3.8) is 0 Å². The Morgan fingerprint density at radius 2 is 1.18 bits per heavy atom. The number of para-hydroxylation sites is 1. The van der Waals surface area contributed by atoms with Gasteiger partial charge < -0.3 is 5.11 Å². The molecule has 0 saturated heterocycles. The summed E-state index contributed by atoms with van der Waals surface area (Å²) in [5, 5.41) is 9.58. The molecule has 1 aromatic carbocycles. The Balaban J connectivity index is -0.000000535. The van der Waals surface area contributed by atoms with Crippen LogP contribution in [0.5, 0.6) is 5.75 Å². The molecular formula is C21H36O. The lowest BCUT2D eigenvalue weighted by atomic mass is 10.0. The fourth-order valence-electron chi connectivity index (χ4n) is 1.99. The van der Waals surface area contributed by atoms with E-state index in [0.29, 0.717) is 5.75 Å². The average molecular weight is 305 g/mol. The molecule has 0 spiro atoms. The molecule has 0 aliphatic carbocycles. The minimum absolute atomic E-state index is 0.452. The van der Waals surface area contributed by atoms with Crippen molar-refractivity contribution in [3.05, 3.63) is 69.3 Å². The Morgan fingerprint density at radius 1 is 0.727 bits per heavy atom. The van der Waals surface area contributed by atoms with Crippen LogP contribution in [-0.4, -0.2) is 5.11 Å². The molecule has 0 aliphatic rings. The van der Waals surface area contributed by atoms with E-state index in [4.69, 9.17) is 0 Å². The summed E-state index contributed by atoms with van der Waals surface area (Å²) in [5.41, 5.74) is 1.09. The number of phenolic OH excluding ortho intramolecular Hbond substituents is 1. The summed E-state index contributed by atoms with van der Waals surface area (Å²) in [5.74, 6) is 0.452. The van der Waals surface area contributed by atoms with E-state index in [1.54, 1.807) is 6.07 Å². The molecule has 1 heteroatoms. The zero-order valence-corrected chi connectivity index (χ0v) is 14.7. The first-order valence-corrected chi connectivity index (χ1v) is 8.11. The van der Waals surface area contributed by atoms with Gasteiger partial charge in [-0.2, -0.15) is 0 Å². The Bertz CT molecular complexity index is 315. The molecule has 0 bridgehead atoms. The molecule has 0 atom stereocenters. The molecule has 0 fully saturated rings. The van der Waals surface area contributed by atoms with E-state index in [1.165, 1.54) is 44.9 Å². The molecule has 1 aromatic rings. The Labute approximate surface area is 139 Å². The van der Waals surface area contributed by atoms with Gasteiger partial charge in [0.1, 0.15) is 5.75 Å². The molecule has 0 radical (unpaired) electrons. The fraction of sp³-hybridized carbons (Fsp3) is 0.429. The number of rotatable bonds is 8. The van der Waals surface area contributed by atoms with E-state index in [-0.39, 0.29) is 0 Å². The van der Waals surface area contributed by atoms with Gasteiger partial charge in [0.15, 0.2) is 0 Å². The standard InChI is InChI=1S/C15H24O.3C2H4/c1-2-3-4-5-6-7-8-11-14-12-9-10-13-15(14)16;3*1-2/h9-10,12-13,16H,2-8,11H2,1H3;3*1-2H2. The summed E-state index contributed by atoms with van der Waals surface area (Å²) in [6.07, 6.45) is 10.3. The van der Waals surface area contributed by atoms with Crippen LogP contribution in [0.3, 0.4) is 0 Å². The van der Waals surface area contributed by atoms with Crippen LogP contribution in [0.4, 0.5) is 0 Å². The number of aromatic hydroxyl groups is 1. The van der Waals surface area contributed by atoms with Gasteiger partial charge in [-0.3, -0.25) is 0 Å². The maximum atomic E-state index is 9.58. The van der Waals surface area contributed by atoms with Crippen molar-refractivity contribution in [2.45, 2.75) is 58.3 Å². The third-order valence-electron chi connectivity index (χ3n) is 3.04. The lowest BCUT2D eigenvalue weighted by Gasteiger charge is -2.04. The van der Waals surface area contributed by atoms with Gasteiger partial charge in [0.25, 0.3) is 0 Å². The Morgan fingerprint density at radius 3 is 1.68 bits per heavy atom. The van der Waals surface area contributed by atoms with E-state index in [2.05, 4.69) is 46.4 Å². The molecular weight excluding hydrogens is 268 g/mol. The van der Waals surface area contributed by atoms with Crippen LogP contribution in [-0.2, 0) is 6.42 Å². The van der Waals surface area contributed by atoms with E-state index in [0.717, 1.165) is 12.0 Å². The third kappa shape index (κ3) is 16.3. The molecule has 22 heavy (non-hydrogen) atoms. The van der Waals surface area contributed by atoms with Gasteiger partial charge in [0.05, 0.1) is 0 Å². The number of aryl methyl sites for hydroxylation is 1. The molecule has 0 aliphatic heterocycles. The van der Waals surface area contributed by atoms with E-state index >= 15 is 0 Å². The van der Waals surface area contributed by atoms with Crippen LogP contribution in [0.25, 0.3) is 0 Å². The number of hydrogen-bond donors (Lipinski definition) is 1. The van der Waals surface area contributed by atoms with Crippen molar-refractivity contribution in [1.29, 1.82) is 0 Å². The van der Waals surface area contributed by atoms with Crippen LogP contribution in [0.15, 0.2) is 63.7 Å². The van der Waals surface area contributed by atoms with Crippen molar-refractivity contribution in [1.82, 2.24) is 0 Å². The highest BCUT2D eigenvalue weighted by atomic mass is 16.3. The predicted octanol–water partition coefficient (Wildman–Crippen LogP) is 7.09. The topological polar surface area (TPSA) is 20.2 Å². The molecule has 0 aromatic heterocycles. The maximum absolute atomic E-state index is 9.58. The number of phenols is 1.